The van der Waals surface area contributed by atoms with Gasteiger partial charge in [-0.3, -0.25) is 9.59 Å². The van der Waals surface area contributed by atoms with E-state index in [0.717, 1.165) is 5.69 Å². The minimum atomic E-state index is -1.00. The summed E-state index contributed by atoms with van der Waals surface area (Å²) in [5, 5.41) is 8.11. The van der Waals surface area contributed by atoms with E-state index >= 15 is 0 Å². The summed E-state index contributed by atoms with van der Waals surface area (Å²) in [6.45, 7) is 0. The summed E-state index contributed by atoms with van der Waals surface area (Å²) in [6.07, 6.45) is 3.34. The Hall–Kier alpha value is -1.03. The molecule has 0 radical (unpaired) electrons. The first-order valence-electron chi connectivity index (χ1n) is 4.93. The van der Waals surface area contributed by atoms with Crippen LogP contribution in [-0.4, -0.2) is 44.0 Å². The minimum Gasteiger partial charge on any atom is -0.480 e. The van der Waals surface area contributed by atoms with Crippen LogP contribution in [0.25, 0.3) is 0 Å². The average Bonchev–Trinajstić information content (AvgIpc) is 2.81. The Morgan fingerprint density at radius 2 is 2.06 bits per heavy atom. The van der Waals surface area contributed by atoms with Crippen LogP contribution in [0.3, 0.4) is 0 Å². The number of carbonyl (C=O) groups excluding carboxylic acids is 1. The number of nitrogens with zero attached hydrogens (tertiary/aromatic N) is 1. The van der Waals surface area contributed by atoms with Crippen LogP contribution in [0.15, 0.2) is 12.5 Å². The van der Waals surface area contributed by atoms with Gasteiger partial charge >= 0.3 is 5.97 Å². The Labute approximate surface area is 115 Å². The third kappa shape index (κ3) is 7.33. The van der Waals surface area contributed by atoms with Crippen molar-refractivity contribution >= 4 is 36.3 Å². The number of nitrogens with one attached hydrogen (secondary N) is 1. The van der Waals surface area contributed by atoms with E-state index in [-0.39, 0.29) is 11.5 Å². The molecule has 1 aromatic rings. The molecule has 0 aliphatic rings. The predicted molar refractivity (Wildman–Crippen MR) is 73.7 cm³/mol. The van der Waals surface area contributed by atoms with Crippen molar-refractivity contribution in [3.63, 3.8) is 0 Å². The molecule has 18 heavy (non-hydrogen) atoms. The molecule has 0 saturated heterocycles. The number of rotatable bonds is 5. The highest BCUT2D eigenvalue weighted by Gasteiger charge is 2.12. The van der Waals surface area contributed by atoms with Gasteiger partial charge in [0.25, 0.3) is 0 Å². The molecule has 1 heterocycles. The van der Waals surface area contributed by atoms with Crippen LogP contribution in [0, 0.1) is 0 Å². The predicted octanol–water partition coefficient (Wildman–Crippen LogP) is -0.936. The number of H-pyrrole nitrogens is 1. The summed E-state index contributed by atoms with van der Waals surface area (Å²) in [5.74, 6) is -0.637. The van der Waals surface area contributed by atoms with Gasteiger partial charge in [0.1, 0.15) is 6.04 Å². The molecule has 0 aliphatic heterocycles. The summed E-state index contributed by atoms with van der Waals surface area (Å²) in [6, 6.07) is -1.36. The summed E-state index contributed by atoms with van der Waals surface area (Å²) >= 11 is 7.22. The van der Waals surface area contributed by atoms with Crippen LogP contribution in [0.4, 0.5) is 0 Å². The summed E-state index contributed by atoms with van der Waals surface area (Å²) in [5.41, 5.74) is 11.1. The molecule has 0 fully saturated rings. The molecule has 0 aromatic carbocycles. The van der Waals surface area contributed by atoms with Crippen LogP contribution >= 0.6 is 25.3 Å². The van der Waals surface area contributed by atoms with Gasteiger partial charge in [-0.2, -0.15) is 12.6 Å². The summed E-state index contributed by atoms with van der Waals surface area (Å²) < 4.78 is 0. The van der Waals surface area contributed by atoms with Crippen molar-refractivity contribution in [2.75, 3.05) is 5.75 Å². The number of imidazole rings is 1. The van der Waals surface area contributed by atoms with Crippen LogP contribution in [-0.2, 0) is 16.0 Å². The molecular formula is C9H16N4O3S2. The van der Waals surface area contributed by atoms with Crippen molar-refractivity contribution in [2.45, 2.75) is 18.5 Å². The highest BCUT2D eigenvalue weighted by molar-refractivity contribution is 7.96. The lowest BCUT2D eigenvalue weighted by Gasteiger charge is -2.02. The first-order chi connectivity index (χ1) is 8.38. The topological polar surface area (TPSA) is 135 Å². The van der Waals surface area contributed by atoms with Crippen molar-refractivity contribution in [2.24, 2.45) is 11.5 Å². The van der Waals surface area contributed by atoms with E-state index in [0.29, 0.717) is 5.75 Å². The molecule has 1 aromatic heterocycles. The number of thiol groups is 2. The first-order valence-corrected chi connectivity index (χ1v) is 6.01. The lowest BCUT2D eigenvalue weighted by molar-refractivity contribution is -0.138. The van der Waals surface area contributed by atoms with Gasteiger partial charge < -0.3 is 21.6 Å². The number of carboxylic acid groups (broad SMARTS) is 1. The molecule has 0 bridgehead atoms. The molecular weight excluding hydrogens is 276 g/mol. The largest absolute Gasteiger partial charge is 0.480 e. The number of aromatic nitrogens is 2. The molecule has 7 nitrogen and oxygen atoms in total. The second kappa shape index (κ2) is 8.97. The van der Waals surface area contributed by atoms with E-state index in [4.69, 9.17) is 16.6 Å². The number of carboxylic acids is 1. The highest BCUT2D eigenvalue weighted by atomic mass is 32.1. The number of carbonyl (C=O) groups is 2. The maximum atomic E-state index is 10.3. The van der Waals surface area contributed by atoms with E-state index in [1.807, 2.05) is 0 Å². The van der Waals surface area contributed by atoms with Gasteiger partial charge in [0.2, 0.25) is 5.12 Å². The Bertz CT molecular complexity index is 372. The van der Waals surface area contributed by atoms with Crippen molar-refractivity contribution in [1.29, 1.82) is 0 Å². The zero-order valence-corrected chi connectivity index (χ0v) is 11.3. The highest BCUT2D eigenvalue weighted by Crippen LogP contribution is 1.95. The number of nitrogens with two attached hydrogens (primary N) is 2. The standard InChI is InChI=1S/C6H9N3O2.C3H7NOS2/c7-5(6(10)11)1-4-2-8-3-9-4;4-2(1-6)3(5)7/h2-3,5H,1,7H2,(H,8,9)(H,10,11);2,6H,1,4H2,(H,5,7)/t5-;2-/m00/s1. The second-order valence-corrected chi connectivity index (χ2v) is 4.16. The summed E-state index contributed by atoms with van der Waals surface area (Å²) in [4.78, 5) is 26.8. The van der Waals surface area contributed by atoms with Gasteiger partial charge in [-0.1, -0.05) is 0 Å². The average molecular weight is 292 g/mol. The van der Waals surface area contributed by atoms with Crippen molar-refractivity contribution in [3.8, 4) is 0 Å². The van der Waals surface area contributed by atoms with Gasteiger partial charge in [-0.25, -0.2) is 4.98 Å². The molecule has 0 unspecified atom stereocenters. The number of aromatic amines is 1. The second-order valence-electron chi connectivity index (χ2n) is 3.35. The zero-order chi connectivity index (χ0) is 14.1. The molecule has 6 N–H and O–H groups in total. The van der Waals surface area contributed by atoms with E-state index in [2.05, 4.69) is 35.2 Å². The van der Waals surface area contributed by atoms with E-state index < -0.39 is 18.1 Å². The van der Waals surface area contributed by atoms with E-state index in [9.17, 15) is 9.59 Å². The maximum Gasteiger partial charge on any atom is 0.320 e. The van der Waals surface area contributed by atoms with E-state index in [1.54, 1.807) is 6.20 Å². The Morgan fingerprint density at radius 1 is 1.44 bits per heavy atom. The van der Waals surface area contributed by atoms with Gasteiger partial charge in [-0.05, 0) is 0 Å². The monoisotopic (exact) mass is 292 g/mol. The molecule has 1 rings (SSSR count). The fourth-order valence-corrected chi connectivity index (χ4v) is 1.20. The Balaban J connectivity index is 0.000000360. The number of hydrogen-bond acceptors (Lipinski definition) is 6. The van der Waals surface area contributed by atoms with Crippen LogP contribution in [0.1, 0.15) is 5.69 Å². The van der Waals surface area contributed by atoms with Gasteiger partial charge in [0, 0.05) is 24.1 Å². The Morgan fingerprint density at radius 3 is 2.33 bits per heavy atom. The maximum absolute atomic E-state index is 10.3. The van der Waals surface area contributed by atoms with Crippen LogP contribution in [0.2, 0.25) is 0 Å². The molecule has 0 amide bonds. The normalized spacial score (nSPS) is 13.1. The summed E-state index contributed by atoms with van der Waals surface area (Å²) in [7, 11) is 0. The number of aliphatic carboxylic acids is 1. The van der Waals surface area contributed by atoms with Crippen LogP contribution < -0.4 is 11.5 Å². The minimum absolute atomic E-state index is 0.287. The quantitative estimate of drug-likeness (QED) is 0.388. The fourth-order valence-electron chi connectivity index (χ4n) is 0.799. The first kappa shape index (κ1) is 17.0. The van der Waals surface area contributed by atoms with E-state index in [1.165, 1.54) is 6.33 Å². The van der Waals surface area contributed by atoms with Crippen molar-refractivity contribution in [1.82, 2.24) is 9.97 Å². The van der Waals surface area contributed by atoms with Gasteiger partial charge in [0.05, 0.1) is 12.4 Å². The third-order valence-electron chi connectivity index (χ3n) is 1.83. The van der Waals surface area contributed by atoms with Gasteiger partial charge in [0.15, 0.2) is 0 Å². The lowest BCUT2D eigenvalue weighted by atomic mass is 10.2. The third-order valence-corrected chi connectivity index (χ3v) is 2.55. The molecule has 102 valence electrons. The van der Waals surface area contributed by atoms with Crippen molar-refractivity contribution < 1.29 is 14.7 Å². The lowest BCUT2D eigenvalue weighted by Crippen LogP contribution is -2.32. The molecule has 0 spiro atoms. The smallest absolute Gasteiger partial charge is 0.320 e. The van der Waals surface area contributed by atoms with Crippen molar-refractivity contribution in [3.05, 3.63) is 18.2 Å². The zero-order valence-electron chi connectivity index (χ0n) is 9.48. The molecule has 9 heteroatoms. The van der Waals surface area contributed by atoms with Gasteiger partial charge in [-0.15, -0.1) is 12.6 Å². The Kier molecular flexibility index (Phi) is 8.46. The SMILES string of the molecule is N[C@@H](CS)C(=O)S.N[C@@H](Cc1cnc[nH]1)C(=O)O. The molecule has 0 saturated carbocycles. The fraction of sp³-hybridized carbons (Fsp3) is 0.444. The molecule has 2 atom stereocenters. The number of hydrogen-bond donors (Lipinski definition) is 6. The molecule has 0 aliphatic carbocycles. The van der Waals surface area contributed by atoms with Crippen LogP contribution in [0.5, 0.6) is 0 Å².